The Balaban J connectivity index is 2.41. The van der Waals surface area contributed by atoms with Gasteiger partial charge in [0.05, 0.1) is 5.39 Å². The number of halogens is 3. The van der Waals surface area contributed by atoms with E-state index >= 15 is 0 Å². The first kappa shape index (κ1) is 10.4. The Bertz CT molecular complexity index is 488. The number of nitrogens with one attached hydrogen (secondary N) is 1. The fourth-order valence-electron chi connectivity index (χ4n) is 1.15. The topological polar surface area (TPSA) is 50.8 Å². The van der Waals surface area contributed by atoms with Crippen LogP contribution in [0, 0.1) is 0 Å². The molecule has 15 heavy (non-hydrogen) atoms. The lowest BCUT2D eigenvalue weighted by molar-refractivity contribution is 0.266. The van der Waals surface area contributed by atoms with Crippen molar-refractivity contribution in [2.75, 3.05) is 13.3 Å². The van der Waals surface area contributed by atoms with Crippen LogP contribution in [0.25, 0.3) is 11.0 Å². The molecule has 0 amide bonds. The van der Waals surface area contributed by atoms with Gasteiger partial charge in [0.25, 0.3) is 0 Å². The monoisotopic (exact) mass is 249 g/mol. The number of fused-ring (bicyclic) bond motifs is 1. The normalized spacial score (nSPS) is 10.9. The van der Waals surface area contributed by atoms with Crippen LogP contribution < -0.4 is 4.74 Å². The predicted octanol–water partition coefficient (Wildman–Crippen LogP) is 2.61. The quantitative estimate of drug-likeness (QED) is 0.672. The molecule has 1 N–H and O–H groups in total. The molecule has 0 saturated carbocycles. The van der Waals surface area contributed by atoms with Crippen LogP contribution in [0.15, 0.2) is 6.07 Å². The lowest BCUT2D eigenvalue weighted by Crippen LogP contribution is -1.98. The van der Waals surface area contributed by atoms with E-state index in [4.69, 9.17) is 27.9 Å². The van der Waals surface area contributed by atoms with Gasteiger partial charge in [-0.25, -0.2) is 9.37 Å². The van der Waals surface area contributed by atoms with Crippen molar-refractivity contribution in [1.29, 1.82) is 0 Å². The summed E-state index contributed by atoms with van der Waals surface area (Å²) in [4.78, 5) is 10.5. The van der Waals surface area contributed by atoms with Crippen LogP contribution in [0.4, 0.5) is 4.39 Å². The Hall–Kier alpha value is -1.07. The molecule has 0 spiro atoms. The van der Waals surface area contributed by atoms with E-state index in [1.54, 1.807) is 6.07 Å². The van der Waals surface area contributed by atoms with Crippen molar-refractivity contribution < 1.29 is 9.13 Å². The standard InChI is InChI=1S/C8H6Cl2FN3O/c9-6-4-3-5(15-2-1-11)12-7(4)14-8(10)13-6/h3H,1-2H2,(H,12,13,14). The molecule has 0 saturated heterocycles. The maximum atomic E-state index is 11.9. The van der Waals surface area contributed by atoms with Gasteiger partial charge in [-0.3, -0.25) is 0 Å². The number of alkyl halides is 1. The molecule has 4 nitrogen and oxygen atoms in total. The molecular formula is C8H6Cl2FN3O. The van der Waals surface area contributed by atoms with E-state index in [2.05, 4.69) is 15.0 Å². The van der Waals surface area contributed by atoms with E-state index in [9.17, 15) is 4.39 Å². The molecule has 0 atom stereocenters. The highest BCUT2D eigenvalue weighted by molar-refractivity contribution is 6.35. The second-order valence-electron chi connectivity index (χ2n) is 2.72. The lowest BCUT2D eigenvalue weighted by atomic mass is 10.4. The molecule has 2 aromatic rings. The maximum absolute atomic E-state index is 11.9. The van der Waals surface area contributed by atoms with Crippen LogP contribution in [0.3, 0.4) is 0 Å². The van der Waals surface area contributed by atoms with Gasteiger partial charge in [-0.2, -0.15) is 4.98 Å². The average Bonchev–Trinajstić information content (AvgIpc) is 2.57. The van der Waals surface area contributed by atoms with Crippen LogP contribution >= 0.6 is 23.2 Å². The van der Waals surface area contributed by atoms with Gasteiger partial charge in [-0.1, -0.05) is 11.6 Å². The molecule has 7 heteroatoms. The molecule has 0 unspecified atom stereocenters. The summed E-state index contributed by atoms with van der Waals surface area (Å²) in [5.41, 5.74) is 0.467. The first-order chi connectivity index (χ1) is 7.20. The second kappa shape index (κ2) is 4.20. The zero-order valence-corrected chi connectivity index (χ0v) is 8.94. The minimum Gasteiger partial charge on any atom is -0.476 e. The van der Waals surface area contributed by atoms with Gasteiger partial charge in [-0.15, -0.1) is 0 Å². The molecule has 0 radical (unpaired) electrons. The Morgan fingerprint density at radius 1 is 1.40 bits per heavy atom. The Labute approximate surface area is 94.4 Å². The molecule has 2 aromatic heterocycles. The zero-order valence-electron chi connectivity index (χ0n) is 7.43. The van der Waals surface area contributed by atoms with Gasteiger partial charge in [0.1, 0.15) is 24.1 Å². The first-order valence-corrected chi connectivity index (χ1v) is 4.87. The Morgan fingerprint density at radius 3 is 2.93 bits per heavy atom. The van der Waals surface area contributed by atoms with E-state index in [-0.39, 0.29) is 17.0 Å². The molecule has 80 valence electrons. The number of hydrogen-bond donors (Lipinski definition) is 1. The van der Waals surface area contributed by atoms with Gasteiger partial charge in [0.2, 0.25) is 5.28 Å². The molecule has 2 heterocycles. The van der Waals surface area contributed by atoms with Crippen LogP contribution in [0.1, 0.15) is 0 Å². The predicted molar refractivity (Wildman–Crippen MR) is 55.4 cm³/mol. The van der Waals surface area contributed by atoms with Crippen molar-refractivity contribution in [2.45, 2.75) is 0 Å². The third-order valence-electron chi connectivity index (χ3n) is 1.72. The maximum Gasteiger partial charge on any atom is 0.225 e. The number of rotatable bonds is 3. The van der Waals surface area contributed by atoms with Crippen molar-refractivity contribution in [3.8, 4) is 5.88 Å². The third kappa shape index (κ3) is 2.13. The SMILES string of the molecule is FCCOc1cc2c(Cl)nc(Cl)nc2[nH]1. The summed E-state index contributed by atoms with van der Waals surface area (Å²) in [5.74, 6) is 0.390. The van der Waals surface area contributed by atoms with Crippen molar-refractivity contribution in [3.05, 3.63) is 16.5 Å². The minimum absolute atomic E-state index is 0.0222. The number of H-pyrrole nitrogens is 1. The van der Waals surface area contributed by atoms with Crippen LogP contribution in [0.2, 0.25) is 10.4 Å². The number of hydrogen-bond acceptors (Lipinski definition) is 3. The van der Waals surface area contributed by atoms with Crippen molar-refractivity contribution in [3.63, 3.8) is 0 Å². The Morgan fingerprint density at radius 2 is 2.20 bits per heavy atom. The Kier molecular flexibility index (Phi) is 2.93. The number of aromatic amines is 1. The molecule has 2 rings (SSSR count). The van der Waals surface area contributed by atoms with Crippen molar-refractivity contribution >= 4 is 34.2 Å². The molecule has 0 aliphatic rings. The van der Waals surface area contributed by atoms with Crippen LogP contribution in [-0.2, 0) is 0 Å². The summed E-state index contributed by atoms with van der Waals surface area (Å²) < 4.78 is 16.9. The van der Waals surface area contributed by atoms with Gasteiger partial charge in [0.15, 0.2) is 5.88 Å². The first-order valence-electron chi connectivity index (χ1n) is 4.11. The van der Waals surface area contributed by atoms with Crippen molar-refractivity contribution in [1.82, 2.24) is 15.0 Å². The molecule has 0 aliphatic heterocycles. The summed E-state index contributed by atoms with van der Waals surface area (Å²) >= 11 is 11.4. The largest absolute Gasteiger partial charge is 0.476 e. The highest BCUT2D eigenvalue weighted by Crippen LogP contribution is 2.25. The summed E-state index contributed by atoms with van der Waals surface area (Å²) in [6, 6.07) is 1.60. The molecule has 0 aromatic carbocycles. The smallest absolute Gasteiger partial charge is 0.225 e. The molecule has 0 fully saturated rings. The number of aromatic nitrogens is 3. The molecule has 0 aliphatic carbocycles. The summed E-state index contributed by atoms with van der Waals surface area (Å²) in [7, 11) is 0. The summed E-state index contributed by atoms with van der Waals surface area (Å²) in [6.07, 6.45) is 0. The van der Waals surface area contributed by atoms with E-state index < -0.39 is 6.67 Å². The van der Waals surface area contributed by atoms with Gasteiger partial charge in [-0.05, 0) is 11.6 Å². The van der Waals surface area contributed by atoms with Crippen LogP contribution in [-0.4, -0.2) is 28.2 Å². The lowest BCUT2D eigenvalue weighted by Gasteiger charge is -1.96. The highest BCUT2D eigenvalue weighted by Gasteiger charge is 2.09. The fraction of sp³-hybridized carbons (Fsp3) is 0.250. The fourth-order valence-corrected chi connectivity index (χ4v) is 1.59. The molecule has 0 bridgehead atoms. The third-order valence-corrected chi connectivity index (χ3v) is 2.18. The van der Waals surface area contributed by atoms with Gasteiger partial charge < -0.3 is 9.72 Å². The number of nitrogens with zero attached hydrogens (tertiary/aromatic N) is 2. The van der Waals surface area contributed by atoms with E-state index in [1.807, 2.05) is 0 Å². The van der Waals surface area contributed by atoms with Gasteiger partial charge in [0, 0.05) is 6.07 Å². The van der Waals surface area contributed by atoms with E-state index in [0.29, 0.717) is 16.9 Å². The van der Waals surface area contributed by atoms with Crippen LogP contribution in [0.5, 0.6) is 5.88 Å². The molecular weight excluding hydrogens is 244 g/mol. The summed E-state index contributed by atoms with van der Waals surface area (Å²) in [5, 5.41) is 0.873. The number of ether oxygens (including phenoxy) is 1. The summed E-state index contributed by atoms with van der Waals surface area (Å²) in [6.45, 7) is -0.582. The minimum atomic E-state index is -0.560. The van der Waals surface area contributed by atoms with E-state index in [1.165, 1.54) is 0 Å². The van der Waals surface area contributed by atoms with Crippen molar-refractivity contribution in [2.24, 2.45) is 0 Å². The highest BCUT2D eigenvalue weighted by atomic mass is 35.5. The zero-order chi connectivity index (χ0) is 10.8. The second-order valence-corrected chi connectivity index (χ2v) is 3.41. The van der Waals surface area contributed by atoms with Gasteiger partial charge >= 0.3 is 0 Å². The van der Waals surface area contributed by atoms with E-state index in [0.717, 1.165) is 0 Å². The average molecular weight is 250 g/mol.